The molecule has 0 fully saturated rings. The summed E-state index contributed by atoms with van der Waals surface area (Å²) in [6, 6.07) is 0. The molecule has 0 aliphatic heterocycles. The standard InChI is InChI=1S/C14H26N4O2S/c1-17(2)7-4-8-18(9-10-20-3)14(19)12-11-21-13(16-12)5-6-15/h11H,4-10,15H2,1-3H3. The molecule has 0 saturated heterocycles. The van der Waals surface area contributed by atoms with Crippen LogP contribution in [0.2, 0.25) is 0 Å². The summed E-state index contributed by atoms with van der Waals surface area (Å²) in [5.41, 5.74) is 6.03. The normalized spacial score (nSPS) is 11.1. The second-order valence-corrected chi connectivity index (χ2v) is 6.05. The number of hydrogen-bond acceptors (Lipinski definition) is 6. The predicted octanol–water partition coefficient (Wildman–Crippen LogP) is 0.685. The van der Waals surface area contributed by atoms with Crippen molar-refractivity contribution >= 4 is 17.2 Å². The zero-order chi connectivity index (χ0) is 15.7. The smallest absolute Gasteiger partial charge is 0.273 e. The van der Waals surface area contributed by atoms with Crippen molar-refractivity contribution in [3.05, 3.63) is 16.1 Å². The number of carbonyl (C=O) groups excluding carboxylic acids is 1. The van der Waals surface area contributed by atoms with E-state index in [0.29, 0.717) is 31.9 Å². The molecule has 0 spiro atoms. The fourth-order valence-corrected chi connectivity index (χ4v) is 2.69. The average Bonchev–Trinajstić information content (AvgIpc) is 2.90. The number of amides is 1. The molecular formula is C14H26N4O2S. The quantitative estimate of drug-likeness (QED) is 0.688. The molecule has 7 heteroatoms. The van der Waals surface area contributed by atoms with Crippen LogP contribution in [0.25, 0.3) is 0 Å². The highest BCUT2D eigenvalue weighted by Gasteiger charge is 2.18. The van der Waals surface area contributed by atoms with Gasteiger partial charge in [-0.15, -0.1) is 11.3 Å². The molecule has 0 aliphatic rings. The van der Waals surface area contributed by atoms with E-state index in [1.807, 2.05) is 24.4 Å². The van der Waals surface area contributed by atoms with Crippen molar-refractivity contribution in [3.63, 3.8) is 0 Å². The van der Waals surface area contributed by atoms with Gasteiger partial charge in [0.15, 0.2) is 0 Å². The van der Waals surface area contributed by atoms with Crippen molar-refractivity contribution in [3.8, 4) is 0 Å². The third-order valence-corrected chi connectivity index (χ3v) is 3.92. The molecule has 0 bridgehead atoms. The summed E-state index contributed by atoms with van der Waals surface area (Å²) in [6.45, 7) is 3.34. The highest BCUT2D eigenvalue weighted by atomic mass is 32.1. The van der Waals surface area contributed by atoms with E-state index in [-0.39, 0.29) is 5.91 Å². The predicted molar refractivity (Wildman–Crippen MR) is 85.8 cm³/mol. The van der Waals surface area contributed by atoms with Crippen LogP contribution in [0.15, 0.2) is 5.38 Å². The lowest BCUT2D eigenvalue weighted by Gasteiger charge is -2.22. The maximum Gasteiger partial charge on any atom is 0.273 e. The first-order valence-electron chi connectivity index (χ1n) is 7.16. The van der Waals surface area contributed by atoms with Crippen LogP contribution in [0.3, 0.4) is 0 Å². The fourth-order valence-electron chi connectivity index (χ4n) is 1.90. The van der Waals surface area contributed by atoms with Crippen molar-refractivity contribution < 1.29 is 9.53 Å². The van der Waals surface area contributed by atoms with Gasteiger partial charge in [0.05, 0.1) is 11.6 Å². The van der Waals surface area contributed by atoms with Gasteiger partial charge in [0, 0.05) is 32.0 Å². The lowest BCUT2D eigenvalue weighted by atomic mass is 10.3. The number of thiazole rings is 1. The summed E-state index contributed by atoms with van der Waals surface area (Å²) in [6.07, 6.45) is 1.65. The molecule has 2 N–H and O–H groups in total. The van der Waals surface area contributed by atoms with Gasteiger partial charge in [-0.25, -0.2) is 4.98 Å². The topological polar surface area (TPSA) is 71.7 Å². The third kappa shape index (κ3) is 6.52. The van der Waals surface area contributed by atoms with Gasteiger partial charge in [0.25, 0.3) is 5.91 Å². The van der Waals surface area contributed by atoms with Crippen molar-refractivity contribution in [2.24, 2.45) is 5.73 Å². The fraction of sp³-hybridized carbons (Fsp3) is 0.714. The van der Waals surface area contributed by atoms with Crippen LogP contribution >= 0.6 is 11.3 Å². The maximum atomic E-state index is 12.5. The van der Waals surface area contributed by atoms with Crippen LogP contribution in [0.5, 0.6) is 0 Å². The summed E-state index contributed by atoms with van der Waals surface area (Å²) in [7, 11) is 5.70. The maximum absolute atomic E-state index is 12.5. The summed E-state index contributed by atoms with van der Waals surface area (Å²) < 4.78 is 5.09. The third-order valence-electron chi connectivity index (χ3n) is 3.01. The van der Waals surface area contributed by atoms with Crippen LogP contribution in [-0.4, -0.2) is 74.7 Å². The molecule has 1 amide bonds. The largest absolute Gasteiger partial charge is 0.383 e. The van der Waals surface area contributed by atoms with Gasteiger partial charge in [-0.05, 0) is 33.6 Å². The van der Waals surface area contributed by atoms with Crippen LogP contribution in [0, 0.1) is 0 Å². The Kier molecular flexibility index (Phi) is 8.44. The minimum Gasteiger partial charge on any atom is -0.383 e. The molecule has 0 radical (unpaired) electrons. The van der Waals surface area contributed by atoms with Crippen LogP contribution in [-0.2, 0) is 11.2 Å². The number of hydrogen-bond donors (Lipinski definition) is 1. The molecule has 0 aromatic carbocycles. The highest BCUT2D eigenvalue weighted by Crippen LogP contribution is 2.12. The van der Waals surface area contributed by atoms with Crippen LogP contribution in [0.4, 0.5) is 0 Å². The molecule has 1 heterocycles. The van der Waals surface area contributed by atoms with Crippen LogP contribution < -0.4 is 5.73 Å². The molecule has 1 aromatic rings. The first-order chi connectivity index (χ1) is 10.1. The van der Waals surface area contributed by atoms with Gasteiger partial charge >= 0.3 is 0 Å². The van der Waals surface area contributed by atoms with Crippen LogP contribution in [0.1, 0.15) is 21.9 Å². The van der Waals surface area contributed by atoms with E-state index in [0.717, 1.165) is 24.4 Å². The number of ether oxygens (including phenoxy) is 1. The summed E-state index contributed by atoms with van der Waals surface area (Å²) in [5, 5.41) is 2.74. The zero-order valence-electron chi connectivity index (χ0n) is 13.2. The minimum absolute atomic E-state index is 0.0228. The Labute approximate surface area is 130 Å². The molecule has 0 unspecified atom stereocenters. The van der Waals surface area contributed by atoms with E-state index in [1.54, 1.807) is 7.11 Å². The number of methoxy groups -OCH3 is 1. The van der Waals surface area contributed by atoms with Crippen molar-refractivity contribution in [1.82, 2.24) is 14.8 Å². The second-order valence-electron chi connectivity index (χ2n) is 5.11. The Balaban J connectivity index is 2.63. The molecule has 120 valence electrons. The molecule has 21 heavy (non-hydrogen) atoms. The molecular weight excluding hydrogens is 288 g/mol. The van der Waals surface area contributed by atoms with Gasteiger partial charge in [-0.3, -0.25) is 4.79 Å². The van der Waals surface area contributed by atoms with E-state index in [4.69, 9.17) is 10.5 Å². The van der Waals surface area contributed by atoms with E-state index >= 15 is 0 Å². The lowest BCUT2D eigenvalue weighted by molar-refractivity contribution is 0.0684. The van der Waals surface area contributed by atoms with Gasteiger partial charge in [-0.1, -0.05) is 0 Å². The van der Waals surface area contributed by atoms with E-state index in [2.05, 4.69) is 9.88 Å². The summed E-state index contributed by atoms with van der Waals surface area (Å²) >= 11 is 1.49. The monoisotopic (exact) mass is 314 g/mol. The summed E-state index contributed by atoms with van der Waals surface area (Å²) in [5.74, 6) is -0.0228. The average molecular weight is 314 g/mol. The molecule has 0 aliphatic carbocycles. The first kappa shape index (κ1) is 18.0. The number of nitrogens with two attached hydrogens (primary N) is 1. The Morgan fingerprint density at radius 2 is 2.14 bits per heavy atom. The van der Waals surface area contributed by atoms with E-state index in [9.17, 15) is 4.79 Å². The lowest BCUT2D eigenvalue weighted by Crippen LogP contribution is -2.36. The van der Waals surface area contributed by atoms with Crippen molar-refractivity contribution in [2.75, 3.05) is 54.0 Å². The van der Waals surface area contributed by atoms with E-state index in [1.165, 1.54) is 11.3 Å². The molecule has 1 rings (SSSR count). The first-order valence-corrected chi connectivity index (χ1v) is 8.03. The molecule has 0 saturated carbocycles. The summed E-state index contributed by atoms with van der Waals surface area (Å²) in [4.78, 5) is 20.8. The zero-order valence-corrected chi connectivity index (χ0v) is 14.0. The number of rotatable bonds is 10. The van der Waals surface area contributed by atoms with Crippen molar-refractivity contribution in [1.29, 1.82) is 0 Å². The highest BCUT2D eigenvalue weighted by molar-refractivity contribution is 7.09. The molecule has 0 atom stereocenters. The number of carbonyl (C=O) groups is 1. The Bertz CT molecular complexity index is 423. The number of aromatic nitrogens is 1. The van der Waals surface area contributed by atoms with Gasteiger partial charge in [-0.2, -0.15) is 0 Å². The van der Waals surface area contributed by atoms with Gasteiger partial charge in [0.1, 0.15) is 5.69 Å². The second kappa shape index (κ2) is 9.83. The Morgan fingerprint density at radius 1 is 1.38 bits per heavy atom. The SMILES string of the molecule is COCCN(CCCN(C)C)C(=O)c1csc(CCN)n1. The van der Waals surface area contributed by atoms with E-state index < -0.39 is 0 Å². The Morgan fingerprint density at radius 3 is 2.76 bits per heavy atom. The Hall–Kier alpha value is -1.02. The number of nitrogens with zero attached hydrogens (tertiary/aromatic N) is 3. The van der Waals surface area contributed by atoms with Crippen molar-refractivity contribution in [2.45, 2.75) is 12.8 Å². The van der Waals surface area contributed by atoms with Gasteiger partial charge in [0.2, 0.25) is 0 Å². The van der Waals surface area contributed by atoms with Gasteiger partial charge < -0.3 is 20.3 Å². The molecule has 6 nitrogen and oxygen atoms in total. The molecule has 1 aromatic heterocycles. The minimum atomic E-state index is -0.0228.